The monoisotopic (exact) mass is 200 g/mol. The van der Waals surface area contributed by atoms with Crippen molar-refractivity contribution in [3.8, 4) is 0 Å². The van der Waals surface area contributed by atoms with Crippen molar-refractivity contribution in [2.75, 3.05) is 0 Å². The average molecular weight is 200 g/mol. The quantitative estimate of drug-likeness (QED) is 0.653. The predicted octanol–water partition coefficient (Wildman–Crippen LogP) is 4.34. The molecule has 0 heterocycles. The summed E-state index contributed by atoms with van der Waals surface area (Å²) in [6, 6.07) is 0. The fourth-order valence-corrected chi connectivity index (χ4v) is 3.49. The van der Waals surface area contributed by atoms with Gasteiger partial charge in [0.1, 0.15) is 0 Å². The predicted molar refractivity (Wildman–Crippen MR) is 63.3 cm³/mol. The molecule has 0 aromatic heterocycles. The topological polar surface area (TPSA) is 0 Å². The van der Waals surface area contributed by atoms with Gasteiger partial charge in [-0.1, -0.05) is 40.5 Å². The molecule has 0 amide bonds. The van der Waals surface area contributed by atoms with Gasteiger partial charge in [-0.3, -0.25) is 0 Å². The molecule has 0 N–H and O–H groups in total. The van der Waals surface area contributed by atoms with Gasteiger partial charge in [0, 0.05) is 10.5 Å². The van der Waals surface area contributed by atoms with Crippen LogP contribution in [0.25, 0.3) is 0 Å². The van der Waals surface area contributed by atoms with Crippen molar-refractivity contribution >= 4 is 11.8 Å². The Morgan fingerprint density at radius 1 is 1.08 bits per heavy atom. The van der Waals surface area contributed by atoms with Gasteiger partial charge < -0.3 is 0 Å². The summed E-state index contributed by atoms with van der Waals surface area (Å²) in [5.41, 5.74) is 0. The molecule has 0 aromatic rings. The first-order valence-corrected chi connectivity index (χ1v) is 6.71. The van der Waals surface area contributed by atoms with Crippen molar-refractivity contribution in [1.82, 2.24) is 0 Å². The third-order valence-corrected chi connectivity index (χ3v) is 5.38. The van der Waals surface area contributed by atoms with Crippen LogP contribution in [0.3, 0.4) is 0 Å². The Hall–Kier alpha value is 0.350. The van der Waals surface area contributed by atoms with Crippen LogP contribution in [-0.2, 0) is 0 Å². The van der Waals surface area contributed by atoms with E-state index >= 15 is 0 Å². The van der Waals surface area contributed by atoms with Crippen molar-refractivity contribution in [2.45, 2.75) is 63.9 Å². The van der Waals surface area contributed by atoms with E-state index in [0.717, 1.165) is 22.3 Å². The summed E-state index contributed by atoms with van der Waals surface area (Å²) < 4.78 is 0. The van der Waals surface area contributed by atoms with Crippen LogP contribution in [0, 0.1) is 11.8 Å². The van der Waals surface area contributed by atoms with E-state index in [0.29, 0.717) is 0 Å². The molecule has 78 valence electrons. The lowest BCUT2D eigenvalue weighted by Gasteiger charge is -2.31. The van der Waals surface area contributed by atoms with E-state index in [4.69, 9.17) is 0 Å². The smallest absolute Gasteiger partial charge is 0.00754 e. The first-order chi connectivity index (χ1) is 6.11. The van der Waals surface area contributed by atoms with Gasteiger partial charge in [-0.05, 0) is 24.7 Å². The van der Waals surface area contributed by atoms with Crippen LogP contribution >= 0.6 is 11.8 Å². The van der Waals surface area contributed by atoms with Crippen LogP contribution < -0.4 is 0 Å². The first-order valence-electron chi connectivity index (χ1n) is 5.76. The van der Waals surface area contributed by atoms with Crippen molar-refractivity contribution in [3.05, 3.63) is 0 Å². The first kappa shape index (κ1) is 11.4. The average Bonchev–Trinajstić information content (AvgIpc) is 2.08. The van der Waals surface area contributed by atoms with E-state index in [1.54, 1.807) is 0 Å². The third-order valence-electron chi connectivity index (χ3n) is 3.36. The van der Waals surface area contributed by atoms with E-state index in [1.807, 2.05) is 0 Å². The highest BCUT2D eigenvalue weighted by molar-refractivity contribution is 8.00. The van der Waals surface area contributed by atoms with Crippen LogP contribution in [0.15, 0.2) is 0 Å². The van der Waals surface area contributed by atoms with Gasteiger partial charge >= 0.3 is 0 Å². The second-order valence-electron chi connectivity index (χ2n) is 4.89. The Balaban J connectivity index is 2.33. The minimum atomic E-state index is 0.833. The molecule has 3 atom stereocenters. The second kappa shape index (κ2) is 5.29. The highest BCUT2D eigenvalue weighted by atomic mass is 32.2. The molecular weight excluding hydrogens is 176 g/mol. The molecule has 13 heavy (non-hydrogen) atoms. The highest BCUT2D eigenvalue weighted by Crippen LogP contribution is 2.36. The number of rotatable bonds is 3. The standard InChI is InChI=1S/C12H24S/c1-9(2)11(4)13-12-8-6-5-7-10(12)3/h9-12H,5-8H2,1-4H3. The largest absolute Gasteiger partial charge is 0.155 e. The zero-order chi connectivity index (χ0) is 9.84. The fourth-order valence-electron chi connectivity index (χ4n) is 1.92. The number of hydrogen-bond acceptors (Lipinski definition) is 1. The molecule has 0 nitrogen and oxygen atoms in total. The Labute approximate surface area is 87.9 Å². The minimum Gasteiger partial charge on any atom is -0.155 e. The molecule has 0 saturated heterocycles. The van der Waals surface area contributed by atoms with Crippen molar-refractivity contribution < 1.29 is 0 Å². The van der Waals surface area contributed by atoms with Gasteiger partial charge in [0.25, 0.3) is 0 Å². The highest BCUT2D eigenvalue weighted by Gasteiger charge is 2.24. The summed E-state index contributed by atoms with van der Waals surface area (Å²) in [7, 11) is 0. The molecule has 1 rings (SSSR count). The van der Waals surface area contributed by atoms with E-state index in [-0.39, 0.29) is 0 Å². The Kier molecular flexibility index (Phi) is 4.64. The Morgan fingerprint density at radius 2 is 1.69 bits per heavy atom. The van der Waals surface area contributed by atoms with Crippen molar-refractivity contribution in [2.24, 2.45) is 11.8 Å². The summed E-state index contributed by atoms with van der Waals surface area (Å²) in [6.07, 6.45) is 5.85. The second-order valence-corrected chi connectivity index (χ2v) is 6.51. The molecule has 1 aliphatic rings. The van der Waals surface area contributed by atoms with Crippen LogP contribution in [0.4, 0.5) is 0 Å². The lowest BCUT2D eigenvalue weighted by molar-refractivity contribution is 0.396. The zero-order valence-corrected chi connectivity index (χ0v) is 10.4. The molecule has 0 aromatic carbocycles. The summed E-state index contributed by atoms with van der Waals surface area (Å²) in [6.45, 7) is 9.50. The minimum absolute atomic E-state index is 0.833. The molecule has 1 saturated carbocycles. The molecule has 1 heteroatoms. The lowest BCUT2D eigenvalue weighted by atomic mass is 9.90. The van der Waals surface area contributed by atoms with Gasteiger partial charge in [0.2, 0.25) is 0 Å². The van der Waals surface area contributed by atoms with Crippen LogP contribution in [0.5, 0.6) is 0 Å². The molecular formula is C12H24S. The van der Waals surface area contributed by atoms with Gasteiger partial charge in [-0.25, -0.2) is 0 Å². The van der Waals surface area contributed by atoms with Gasteiger partial charge in [-0.2, -0.15) is 11.8 Å². The molecule has 1 aliphatic carbocycles. The molecule has 0 radical (unpaired) electrons. The van der Waals surface area contributed by atoms with Crippen LogP contribution in [0.1, 0.15) is 53.4 Å². The number of hydrogen-bond donors (Lipinski definition) is 0. The Morgan fingerprint density at radius 3 is 2.23 bits per heavy atom. The number of thioether (sulfide) groups is 1. The molecule has 0 aliphatic heterocycles. The van der Waals surface area contributed by atoms with Crippen LogP contribution in [-0.4, -0.2) is 10.5 Å². The SMILES string of the molecule is CC(C)C(C)SC1CCCCC1C. The summed E-state index contributed by atoms with van der Waals surface area (Å²) in [5, 5.41) is 1.79. The lowest BCUT2D eigenvalue weighted by Crippen LogP contribution is -2.23. The molecule has 0 spiro atoms. The molecule has 1 fully saturated rings. The fraction of sp³-hybridized carbons (Fsp3) is 1.00. The van der Waals surface area contributed by atoms with Crippen molar-refractivity contribution in [1.29, 1.82) is 0 Å². The maximum absolute atomic E-state index is 2.43. The zero-order valence-electron chi connectivity index (χ0n) is 9.55. The van der Waals surface area contributed by atoms with E-state index < -0.39 is 0 Å². The van der Waals surface area contributed by atoms with E-state index in [1.165, 1.54) is 25.7 Å². The summed E-state index contributed by atoms with van der Waals surface area (Å²) in [4.78, 5) is 0. The van der Waals surface area contributed by atoms with Gasteiger partial charge in [-0.15, -0.1) is 0 Å². The van der Waals surface area contributed by atoms with Gasteiger partial charge in [0.05, 0.1) is 0 Å². The summed E-state index contributed by atoms with van der Waals surface area (Å²) >= 11 is 2.24. The van der Waals surface area contributed by atoms with Crippen LogP contribution in [0.2, 0.25) is 0 Å². The van der Waals surface area contributed by atoms with Crippen molar-refractivity contribution in [3.63, 3.8) is 0 Å². The van der Waals surface area contributed by atoms with E-state index in [2.05, 4.69) is 39.5 Å². The normalized spacial score (nSPS) is 32.1. The summed E-state index contributed by atoms with van der Waals surface area (Å²) in [5.74, 6) is 1.79. The van der Waals surface area contributed by atoms with Gasteiger partial charge in [0.15, 0.2) is 0 Å². The molecule has 3 unspecified atom stereocenters. The third kappa shape index (κ3) is 3.53. The Bertz CT molecular complexity index is 142. The molecule has 0 bridgehead atoms. The van der Waals surface area contributed by atoms with E-state index in [9.17, 15) is 0 Å². The maximum atomic E-state index is 2.43. The maximum Gasteiger partial charge on any atom is 0.00754 e.